The molecule has 0 unspecified atom stereocenters. The largest absolute Gasteiger partial charge is 0.353 e. The molecular weight excluding hydrogens is 296 g/mol. The molecule has 0 radical (unpaired) electrons. The second-order valence-corrected chi connectivity index (χ2v) is 6.19. The summed E-state index contributed by atoms with van der Waals surface area (Å²) in [4.78, 5) is 25.7. The first kappa shape index (κ1) is 15.1. The molecule has 0 spiro atoms. The van der Waals surface area contributed by atoms with Crippen molar-refractivity contribution in [1.82, 2.24) is 10.2 Å². The van der Waals surface area contributed by atoms with E-state index in [4.69, 9.17) is 11.6 Å². The van der Waals surface area contributed by atoms with Crippen LogP contribution in [0.25, 0.3) is 6.08 Å². The summed E-state index contributed by atoms with van der Waals surface area (Å²) in [7, 11) is 0. The molecule has 0 bridgehead atoms. The fraction of sp³-hybridized carbons (Fsp3) is 0.429. The summed E-state index contributed by atoms with van der Waals surface area (Å²) >= 11 is 7.27. The van der Waals surface area contributed by atoms with E-state index in [9.17, 15) is 9.59 Å². The highest BCUT2D eigenvalue weighted by atomic mass is 35.5. The molecule has 1 fully saturated rings. The van der Waals surface area contributed by atoms with Crippen LogP contribution in [-0.2, 0) is 9.59 Å². The summed E-state index contributed by atoms with van der Waals surface area (Å²) in [5.74, 6) is -0.181. The van der Waals surface area contributed by atoms with Gasteiger partial charge in [-0.1, -0.05) is 24.9 Å². The molecule has 2 rings (SSSR count). The third kappa shape index (κ3) is 3.61. The van der Waals surface area contributed by atoms with Gasteiger partial charge in [-0.25, -0.2) is 0 Å². The Kier molecular flexibility index (Phi) is 5.20. The molecular formula is C14H17ClN2O2S. The third-order valence-electron chi connectivity index (χ3n) is 3.18. The maximum absolute atomic E-state index is 12.2. The molecule has 1 aromatic rings. The van der Waals surface area contributed by atoms with Gasteiger partial charge >= 0.3 is 0 Å². The maximum Gasteiger partial charge on any atom is 0.247 e. The van der Waals surface area contributed by atoms with Crippen LogP contribution in [0.15, 0.2) is 17.5 Å². The van der Waals surface area contributed by atoms with Crippen LogP contribution in [0.5, 0.6) is 0 Å². The SMILES string of the molecule is CCC[C@H]1C(=O)NCCN1C(=O)C=Cc1csc(Cl)c1. The van der Waals surface area contributed by atoms with Crippen molar-refractivity contribution < 1.29 is 9.59 Å². The van der Waals surface area contributed by atoms with E-state index in [1.54, 1.807) is 11.0 Å². The Labute approximate surface area is 127 Å². The van der Waals surface area contributed by atoms with Crippen LogP contribution in [0.3, 0.4) is 0 Å². The Balaban J connectivity index is 2.06. The number of nitrogens with one attached hydrogen (secondary N) is 1. The summed E-state index contributed by atoms with van der Waals surface area (Å²) in [6.07, 6.45) is 4.81. The van der Waals surface area contributed by atoms with Gasteiger partial charge in [0.15, 0.2) is 0 Å². The molecule has 6 heteroatoms. The van der Waals surface area contributed by atoms with Crippen LogP contribution >= 0.6 is 22.9 Å². The molecule has 1 aromatic heterocycles. The summed E-state index contributed by atoms with van der Waals surface area (Å²) in [6.45, 7) is 3.08. The van der Waals surface area contributed by atoms with Crippen molar-refractivity contribution >= 4 is 40.8 Å². The summed E-state index contributed by atoms with van der Waals surface area (Å²) in [5, 5.41) is 4.69. The highest BCUT2D eigenvalue weighted by Crippen LogP contribution is 2.21. The number of carbonyl (C=O) groups excluding carboxylic acids is 2. The third-order valence-corrected chi connectivity index (χ3v) is 4.29. The van der Waals surface area contributed by atoms with Gasteiger partial charge in [-0.05, 0) is 29.5 Å². The van der Waals surface area contributed by atoms with Crippen molar-refractivity contribution in [1.29, 1.82) is 0 Å². The van der Waals surface area contributed by atoms with Gasteiger partial charge in [-0.2, -0.15) is 0 Å². The number of carbonyl (C=O) groups is 2. The van der Waals surface area contributed by atoms with Gasteiger partial charge in [0.2, 0.25) is 11.8 Å². The molecule has 0 aromatic carbocycles. The molecule has 1 N–H and O–H groups in total. The maximum atomic E-state index is 12.2. The molecule has 0 saturated carbocycles. The highest BCUT2D eigenvalue weighted by molar-refractivity contribution is 7.14. The number of hydrogen-bond donors (Lipinski definition) is 1. The molecule has 20 heavy (non-hydrogen) atoms. The first-order valence-corrected chi connectivity index (χ1v) is 7.88. The molecule has 1 aliphatic heterocycles. The molecule has 4 nitrogen and oxygen atoms in total. The van der Waals surface area contributed by atoms with Crippen molar-refractivity contribution in [3.63, 3.8) is 0 Å². The highest BCUT2D eigenvalue weighted by Gasteiger charge is 2.30. The van der Waals surface area contributed by atoms with Crippen molar-refractivity contribution in [3.8, 4) is 0 Å². The number of rotatable bonds is 4. The fourth-order valence-corrected chi connectivity index (χ4v) is 3.07. The number of thiophene rings is 1. The minimum atomic E-state index is -0.350. The van der Waals surface area contributed by atoms with E-state index >= 15 is 0 Å². The average Bonchev–Trinajstić information content (AvgIpc) is 2.84. The summed E-state index contributed by atoms with van der Waals surface area (Å²) < 4.78 is 0.693. The average molecular weight is 313 g/mol. The molecule has 2 amide bonds. The van der Waals surface area contributed by atoms with Gasteiger partial charge in [0, 0.05) is 19.2 Å². The molecule has 2 heterocycles. The van der Waals surface area contributed by atoms with E-state index in [0.29, 0.717) is 23.8 Å². The second-order valence-electron chi connectivity index (χ2n) is 4.64. The number of halogens is 1. The van der Waals surface area contributed by atoms with Crippen LogP contribution in [0.2, 0.25) is 4.34 Å². The van der Waals surface area contributed by atoms with Crippen LogP contribution in [0.1, 0.15) is 25.3 Å². The Bertz CT molecular complexity index is 527. The van der Waals surface area contributed by atoms with Gasteiger partial charge in [0.05, 0.1) is 4.34 Å². The smallest absolute Gasteiger partial charge is 0.247 e. The number of piperazine rings is 1. The zero-order valence-corrected chi connectivity index (χ0v) is 12.8. The number of hydrogen-bond acceptors (Lipinski definition) is 3. The predicted molar refractivity (Wildman–Crippen MR) is 81.8 cm³/mol. The van der Waals surface area contributed by atoms with E-state index in [0.717, 1.165) is 12.0 Å². The molecule has 1 saturated heterocycles. The van der Waals surface area contributed by atoms with E-state index in [1.807, 2.05) is 18.4 Å². The van der Waals surface area contributed by atoms with Crippen LogP contribution in [0, 0.1) is 0 Å². The summed E-state index contributed by atoms with van der Waals surface area (Å²) in [6, 6.07) is 1.46. The minimum Gasteiger partial charge on any atom is -0.353 e. The lowest BCUT2D eigenvalue weighted by molar-refractivity contribution is -0.140. The standard InChI is InChI=1S/C14H17ClN2O2S/c1-2-3-11-14(19)16-6-7-17(11)13(18)5-4-10-8-12(15)20-9-10/h4-5,8-9,11H,2-3,6-7H2,1H3,(H,16,19)/t11-/m0/s1. The van der Waals surface area contributed by atoms with Crippen molar-refractivity contribution in [2.45, 2.75) is 25.8 Å². The van der Waals surface area contributed by atoms with E-state index in [-0.39, 0.29) is 17.9 Å². The van der Waals surface area contributed by atoms with Crippen molar-refractivity contribution in [2.75, 3.05) is 13.1 Å². The van der Waals surface area contributed by atoms with Crippen LogP contribution in [-0.4, -0.2) is 35.8 Å². The summed E-state index contributed by atoms with van der Waals surface area (Å²) in [5.41, 5.74) is 0.904. The number of nitrogens with zero attached hydrogens (tertiary/aromatic N) is 1. The Morgan fingerprint density at radius 1 is 1.65 bits per heavy atom. The topological polar surface area (TPSA) is 49.4 Å². The lowest BCUT2D eigenvalue weighted by Gasteiger charge is -2.34. The van der Waals surface area contributed by atoms with Gasteiger partial charge in [0.1, 0.15) is 6.04 Å². The van der Waals surface area contributed by atoms with E-state index < -0.39 is 0 Å². The molecule has 108 valence electrons. The fourth-order valence-electron chi connectivity index (χ4n) is 2.21. The van der Waals surface area contributed by atoms with Gasteiger partial charge in [-0.15, -0.1) is 11.3 Å². The van der Waals surface area contributed by atoms with Crippen molar-refractivity contribution in [3.05, 3.63) is 27.4 Å². The van der Waals surface area contributed by atoms with E-state index in [2.05, 4.69) is 5.32 Å². The molecule has 0 aliphatic carbocycles. The Morgan fingerprint density at radius 2 is 2.45 bits per heavy atom. The number of amides is 2. The monoisotopic (exact) mass is 312 g/mol. The minimum absolute atomic E-state index is 0.0570. The van der Waals surface area contributed by atoms with Crippen molar-refractivity contribution in [2.24, 2.45) is 0 Å². The zero-order chi connectivity index (χ0) is 14.5. The lowest BCUT2D eigenvalue weighted by atomic mass is 10.1. The molecule has 1 atom stereocenters. The first-order valence-electron chi connectivity index (χ1n) is 6.62. The van der Waals surface area contributed by atoms with Gasteiger partial charge in [0.25, 0.3) is 0 Å². The zero-order valence-electron chi connectivity index (χ0n) is 11.3. The Morgan fingerprint density at radius 3 is 3.10 bits per heavy atom. The van der Waals surface area contributed by atoms with E-state index in [1.165, 1.54) is 17.4 Å². The predicted octanol–water partition coefficient (Wildman–Crippen LogP) is 2.54. The van der Waals surface area contributed by atoms with Crippen LogP contribution < -0.4 is 5.32 Å². The lowest BCUT2D eigenvalue weighted by Crippen LogP contribution is -2.56. The Hall–Kier alpha value is -1.33. The molecule has 1 aliphatic rings. The van der Waals surface area contributed by atoms with Gasteiger partial charge in [-0.3, -0.25) is 9.59 Å². The van der Waals surface area contributed by atoms with Gasteiger partial charge < -0.3 is 10.2 Å². The second kappa shape index (κ2) is 6.90. The van der Waals surface area contributed by atoms with Crippen LogP contribution in [0.4, 0.5) is 0 Å². The first-order chi connectivity index (χ1) is 9.61. The normalized spacial score (nSPS) is 19.4. The quantitative estimate of drug-likeness (QED) is 0.869.